The normalized spacial score (nSPS) is 48.2. The van der Waals surface area contributed by atoms with Gasteiger partial charge >= 0.3 is 0 Å². The van der Waals surface area contributed by atoms with E-state index in [-0.39, 0.29) is 13.2 Å². The zero-order valence-corrected chi connectivity index (χ0v) is 6.84. The number of hydrogen-bond donors (Lipinski definition) is 4. The topological polar surface area (TPSA) is 90.2 Å². The van der Waals surface area contributed by atoms with Gasteiger partial charge in [-0.05, 0) is 6.92 Å². The molecule has 0 radical (unpaired) electrons. The summed E-state index contributed by atoms with van der Waals surface area (Å²) >= 11 is 0. The third-order valence-corrected chi connectivity index (χ3v) is 2.24. The van der Waals surface area contributed by atoms with Crippen LogP contribution in [0.3, 0.4) is 0 Å². The van der Waals surface area contributed by atoms with Crippen LogP contribution in [0.1, 0.15) is 6.92 Å². The highest BCUT2D eigenvalue weighted by molar-refractivity contribution is 4.98. The Labute approximate surface area is 70.2 Å². The van der Waals surface area contributed by atoms with Crippen molar-refractivity contribution in [3.05, 3.63) is 0 Å². The van der Waals surface area contributed by atoms with Gasteiger partial charge in [0, 0.05) is 0 Å². The molecule has 0 aliphatic carbocycles. The van der Waals surface area contributed by atoms with Gasteiger partial charge in [0.25, 0.3) is 0 Å². The lowest BCUT2D eigenvalue weighted by atomic mass is 9.98. The number of aliphatic hydroxyl groups is 4. The van der Waals surface area contributed by atoms with E-state index in [0.29, 0.717) is 0 Å². The molecule has 2 unspecified atom stereocenters. The Morgan fingerprint density at radius 3 is 2.17 bits per heavy atom. The first kappa shape index (κ1) is 9.88. The molecule has 0 bridgehead atoms. The Morgan fingerprint density at radius 1 is 1.33 bits per heavy atom. The number of aliphatic hydroxyl groups excluding tert-OH is 4. The van der Waals surface area contributed by atoms with Crippen molar-refractivity contribution in [1.29, 1.82) is 0 Å². The third kappa shape index (κ3) is 1.34. The minimum absolute atomic E-state index is 0.367. The summed E-state index contributed by atoms with van der Waals surface area (Å²) in [6, 6.07) is 0. The van der Waals surface area contributed by atoms with Crippen molar-refractivity contribution in [2.75, 3.05) is 13.2 Å². The zero-order chi connectivity index (χ0) is 9.35. The molecule has 1 saturated heterocycles. The molecule has 12 heavy (non-hydrogen) atoms. The maximum absolute atomic E-state index is 9.37. The molecule has 1 fully saturated rings. The molecule has 1 rings (SSSR count). The molecule has 0 spiro atoms. The fourth-order valence-corrected chi connectivity index (χ4v) is 1.33. The average molecular weight is 178 g/mol. The van der Waals surface area contributed by atoms with E-state index in [0.717, 1.165) is 0 Å². The van der Waals surface area contributed by atoms with Crippen LogP contribution in [0.15, 0.2) is 0 Å². The molecule has 1 heterocycles. The lowest BCUT2D eigenvalue weighted by molar-refractivity contribution is -0.106. The smallest absolute Gasteiger partial charge is 0.117 e. The van der Waals surface area contributed by atoms with Crippen molar-refractivity contribution in [1.82, 2.24) is 0 Å². The molecule has 5 nitrogen and oxygen atoms in total. The number of rotatable bonds is 2. The van der Waals surface area contributed by atoms with Crippen LogP contribution in [0.2, 0.25) is 0 Å². The molecule has 0 aromatic rings. The number of ether oxygens (including phenoxy) is 1. The van der Waals surface area contributed by atoms with E-state index >= 15 is 0 Å². The second-order valence-electron chi connectivity index (χ2n) is 3.25. The lowest BCUT2D eigenvalue weighted by Crippen LogP contribution is -2.43. The predicted molar refractivity (Wildman–Crippen MR) is 39.5 cm³/mol. The Morgan fingerprint density at radius 2 is 1.92 bits per heavy atom. The van der Waals surface area contributed by atoms with Gasteiger partial charge in [-0.1, -0.05) is 0 Å². The molecule has 72 valence electrons. The fourth-order valence-electron chi connectivity index (χ4n) is 1.33. The van der Waals surface area contributed by atoms with Crippen molar-refractivity contribution in [2.45, 2.75) is 30.8 Å². The lowest BCUT2D eigenvalue weighted by Gasteiger charge is -2.24. The quantitative estimate of drug-likeness (QED) is 0.387. The monoisotopic (exact) mass is 178 g/mol. The van der Waals surface area contributed by atoms with Gasteiger partial charge in [0.2, 0.25) is 0 Å². The minimum Gasteiger partial charge on any atom is -0.394 e. The predicted octanol–water partition coefficient (Wildman–Crippen LogP) is -2.15. The largest absolute Gasteiger partial charge is 0.394 e. The number of hydrogen-bond acceptors (Lipinski definition) is 5. The highest BCUT2D eigenvalue weighted by atomic mass is 16.6. The SMILES string of the molecule is CC1(CO)O[C@H](CO)C(O)[C@@H]1O. The van der Waals surface area contributed by atoms with Crippen LogP contribution in [-0.4, -0.2) is 57.6 Å². The first-order chi connectivity index (χ1) is 5.55. The van der Waals surface area contributed by atoms with Gasteiger partial charge in [-0.3, -0.25) is 0 Å². The summed E-state index contributed by atoms with van der Waals surface area (Å²) in [6.07, 6.45) is -3.09. The molecular weight excluding hydrogens is 164 g/mol. The molecular formula is C7H14O5. The van der Waals surface area contributed by atoms with Gasteiger partial charge in [-0.2, -0.15) is 0 Å². The molecule has 0 saturated carbocycles. The summed E-state index contributed by atoms with van der Waals surface area (Å²) in [7, 11) is 0. The van der Waals surface area contributed by atoms with E-state index in [1.807, 2.05) is 0 Å². The van der Waals surface area contributed by atoms with Crippen LogP contribution in [0.25, 0.3) is 0 Å². The second kappa shape index (κ2) is 3.27. The Hall–Kier alpha value is -0.200. The van der Waals surface area contributed by atoms with Gasteiger partial charge in [-0.15, -0.1) is 0 Å². The third-order valence-electron chi connectivity index (χ3n) is 2.24. The van der Waals surface area contributed by atoms with Crippen LogP contribution >= 0.6 is 0 Å². The van der Waals surface area contributed by atoms with Crippen LogP contribution in [-0.2, 0) is 4.74 Å². The minimum atomic E-state index is -1.16. The highest BCUT2D eigenvalue weighted by Gasteiger charge is 2.50. The highest BCUT2D eigenvalue weighted by Crippen LogP contribution is 2.30. The standard InChI is InChI=1S/C7H14O5/c1-7(3-9)6(11)5(10)4(2-8)12-7/h4-6,8-11H,2-3H2,1H3/t4-,5?,6+,7?/m1/s1. The summed E-state index contributed by atoms with van der Waals surface area (Å²) in [5.41, 5.74) is -1.16. The van der Waals surface area contributed by atoms with E-state index in [4.69, 9.17) is 14.9 Å². The first-order valence-corrected chi connectivity index (χ1v) is 3.81. The Kier molecular flexibility index (Phi) is 2.70. The van der Waals surface area contributed by atoms with E-state index in [9.17, 15) is 10.2 Å². The van der Waals surface area contributed by atoms with E-state index < -0.39 is 23.9 Å². The molecule has 0 amide bonds. The van der Waals surface area contributed by atoms with Crippen LogP contribution < -0.4 is 0 Å². The van der Waals surface area contributed by atoms with Crippen molar-refractivity contribution < 1.29 is 25.2 Å². The maximum Gasteiger partial charge on any atom is 0.117 e. The maximum atomic E-state index is 9.37. The van der Waals surface area contributed by atoms with Gasteiger partial charge < -0.3 is 25.2 Å². The van der Waals surface area contributed by atoms with Gasteiger partial charge in [0.1, 0.15) is 23.9 Å². The molecule has 5 heteroatoms. The summed E-state index contributed by atoms with van der Waals surface area (Å²) in [5, 5.41) is 36.2. The van der Waals surface area contributed by atoms with Crippen molar-refractivity contribution in [3.8, 4) is 0 Å². The molecule has 0 aromatic heterocycles. The van der Waals surface area contributed by atoms with Crippen LogP contribution in [0, 0.1) is 0 Å². The molecule has 1 aliphatic heterocycles. The van der Waals surface area contributed by atoms with Crippen molar-refractivity contribution in [2.24, 2.45) is 0 Å². The summed E-state index contributed by atoms with van der Waals surface area (Å²) in [4.78, 5) is 0. The van der Waals surface area contributed by atoms with Crippen LogP contribution in [0.4, 0.5) is 0 Å². The van der Waals surface area contributed by atoms with Crippen molar-refractivity contribution in [3.63, 3.8) is 0 Å². The summed E-state index contributed by atoms with van der Waals surface area (Å²) in [5.74, 6) is 0. The van der Waals surface area contributed by atoms with Gasteiger partial charge in [0.05, 0.1) is 13.2 Å². The molecule has 4 N–H and O–H groups in total. The molecule has 4 atom stereocenters. The van der Waals surface area contributed by atoms with E-state index in [2.05, 4.69) is 0 Å². The molecule has 0 aromatic carbocycles. The average Bonchev–Trinajstić information content (AvgIpc) is 2.31. The van der Waals surface area contributed by atoms with Crippen LogP contribution in [0.5, 0.6) is 0 Å². The van der Waals surface area contributed by atoms with E-state index in [1.165, 1.54) is 6.92 Å². The zero-order valence-electron chi connectivity index (χ0n) is 6.84. The Bertz CT molecular complexity index is 162. The second-order valence-corrected chi connectivity index (χ2v) is 3.25. The fraction of sp³-hybridized carbons (Fsp3) is 1.00. The summed E-state index contributed by atoms with van der Waals surface area (Å²) < 4.78 is 5.07. The van der Waals surface area contributed by atoms with E-state index in [1.54, 1.807) is 0 Å². The first-order valence-electron chi connectivity index (χ1n) is 3.81. The van der Waals surface area contributed by atoms with Gasteiger partial charge in [0.15, 0.2) is 0 Å². The molecule has 1 aliphatic rings. The van der Waals surface area contributed by atoms with Crippen molar-refractivity contribution >= 4 is 0 Å². The Balaban J connectivity index is 2.72. The summed E-state index contributed by atoms with van der Waals surface area (Å²) in [6.45, 7) is 0.728. The van der Waals surface area contributed by atoms with Gasteiger partial charge in [-0.25, -0.2) is 0 Å².